The molecule has 0 aromatic carbocycles. The van der Waals surface area contributed by atoms with E-state index in [0.717, 1.165) is 88.9 Å². The number of ether oxygens (including phenoxy) is 4. The third-order valence-electron chi connectivity index (χ3n) is 12.6. The Balaban J connectivity index is 1.10. The molecule has 4 rings (SSSR count). The van der Waals surface area contributed by atoms with Crippen molar-refractivity contribution in [3.63, 3.8) is 0 Å². The summed E-state index contributed by atoms with van der Waals surface area (Å²) in [6.45, 7) is 19.3. The summed E-state index contributed by atoms with van der Waals surface area (Å²) in [5, 5.41) is 0. The molecule has 0 spiro atoms. The summed E-state index contributed by atoms with van der Waals surface area (Å²) in [6.07, 6.45) is 19.8. The lowest BCUT2D eigenvalue weighted by molar-refractivity contribution is -0.147. The van der Waals surface area contributed by atoms with E-state index in [1.54, 1.807) is 6.92 Å². The summed E-state index contributed by atoms with van der Waals surface area (Å²) in [5.74, 6) is 2.28. The third-order valence-corrected chi connectivity index (χ3v) is 12.6. The second kappa shape index (κ2) is 15.8. The van der Waals surface area contributed by atoms with Crippen LogP contribution in [-0.2, 0) is 28.5 Å². The van der Waals surface area contributed by atoms with Crippen molar-refractivity contribution in [3.8, 4) is 0 Å². The molecule has 4 aliphatic rings. The van der Waals surface area contributed by atoms with Crippen LogP contribution >= 0.6 is 0 Å². The normalized spacial score (nSPS) is 33.7. The maximum atomic E-state index is 11.9. The van der Waals surface area contributed by atoms with E-state index >= 15 is 0 Å². The van der Waals surface area contributed by atoms with E-state index in [4.69, 9.17) is 18.9 Å². The first kappa shape index (κ1) is 35.2. The lowest BCUT2D eigenvalue weighted by Gasteiger charge is -2.47. The van der Waals surface area contributed by atoms with Gasteiger partial charge in [0.15, 0.2) is 0 Å². The molecular formula is C38H62O6. The van der Waals surface area contributed by atoms with Crippen LogP contribution in [-0.4, -0.2) is 43.1 Å². The zero-order valence-electron chi connectivity index (χ0n) is 28.6. The third kappa shape index (κ3) is 9.21. The highest BCUT2D eigenvalue weighted by Gasteiger charge is 2.42. The van der Waals surface area contributed by atoms with E-state index in [0.29, 0.717) is 47.2 Å². The molecule has 0 unspecified atom stereocenters. The van der Waals surface area contributed by atoms with Gasteiger partial charge < -0.3 is 18.9 Å². The molecule has 6 nitrogen and oxygen atoms in total. The topological polar surface area (TPSA) is 71.1 Å². The molecule has 4 fully saturated rings. The Morgan fingerprint density at radius 2 is 0.909 bits per heavy atom. The predicted octanol–water partition coefficient (Wildman–Crippen LogP) is 9.11. The number of rotatable bonds is 12. The maximum Gasteiger partial charge on any atom is 0.333 e. The number of carbonyl (C=O) groups is 2. The second-order valence-electron chi connectivity index (χ2n) is 15.8. The van der Waals surface area contributed by atoms with Crippen LogP contribution in [0.3, 0.4) is 0 Å². The van der Waals surface area contributed by atoms with E-state index in [2.05, 4.69) is 40.9 Å². The van der Waals surface area contributed by atoms with Crippen LogP contribution in [0, 0.1) is 34.5 Å². The molecule has 4 saturated carbocycles. The number of hydrogen-bond donors (Lipinski definition) is 0. The fourth-order valence-electron chi connectivity index (χ4n) is 9.16. The molecule has 250 valence electrons. The molecule has 0 atom stereocenters. The minimum atomic E-state index is -0.290. The lowest BCUT2D eigenvalue weighted by atomic mass is 9.60. The van der Waals surface area contributed by atoms with Crippen LogP contribution in [0.15, 0.2) is 24.8 Å². The van der Waals surface area contributed by atoms with E-state index in [-0.39, 0.29) is 24.1 Å². The van der Waals surface area contributed by atoms with Gasteiger partial charge in [-0.25, -0.2) is 9.59 Å². The highest BCUT2D eigenvalue weighted by Crippen LogP contribution is 2.50. The van der Waals surface area contributed by atoms with Gasteiger partial charge in [0.25, 0.3) is 0 Å². The van der Waals surface area contributed by atoms with Crippen molar-refractivity contribution in [2.75, 3.05) is 6.79 Å². The van der Waals surface area contributed by atoms with Gasteiger partial charge in [0.2, 0.25) is 0 Å². The fraction of sp³-hybridized carbons (Fsp3) is 0.842. The average Bonchev–Trinajstić information content (AvgIpc) is 3.02. The van der Waals surface area contributed by atoms with Gasteiger partial charge in [-0.2, -0.15) is 0 Å². The molecule has 44 heavy (non-hydrogen) atoms. The van der Waals surface area contributed by atoms with Gasteiger partial charge in [0, 0.05) is 11.6 Å². The van der Waals surface area contributed by atoms with Crippen molar-refractivity contribution < 1.29 is 28.5 Å². The van der Waals surface area contributed by atoms with Gasteiger partial charge in [-0.05, 0) is 144 Å². The van der Waals surface area contributed by atoms with Crippen LogP contribution in [0.1, 0.15) is 137 Å². The van der Waals surface area contributed by atoms with Crippen molar-refractivity contribution in [1.29, 1.82) is 0 Å². The molecule has 0 bridgehead atoms. The molecule has 0 aromatic rings. The van der Waals surface area contributed by atoms with Gasteiger partial charge in [0.05, 0.1) is 12.2 Å². The van der Waals surface area contributed by atoms with Crippen LogP contribution in [0.5, 0.6) is 0 Å². The molecule has 6 heteroatoms. The monoisotopic (exact) mass is 614 g/mol. The molecule has 0 radical (unpaired) electrons. The first-order valence-corrected chi connectivity index (χ1v) is 17.8. The van der Waals surface area contributed by atoms with Crippen molar-refractivity contribution in [2.24, 2.45) is 34.5 Å². The minimum absolute atomic E-state index is 0.0546. The lowest BCUT2D eigenvalue weighted by Crippen LogP contribution is -2.40. The molecule has 0 heterocycles. The number of hydrogen-bond acceptors (Lipinski definition) is 6. The summed E-state index contributed by atoms with van der Waals surface area (Å²) in [4.78, 5) is 23.5. The van der Waals surface area contributed by atoms with Crippen LogP contribution in [0.25, 0.3) is 0 Å². The van der Waals surface area contributed by atoms with Crippen LogP contribution < -0.4 is 0 Å². The Morgan fingerprint density at radius 3 is 1.23 bits per heavy atom. The molecular weight excluding hydrogens is 552 g/mol. The zero-order chi connectivity index (χ0) is 31.9. The molecule has 0 aromatic heterocycles. The Labute approximate surface area is 268 Å². The van der Waals surface area contributed by atoms with Crippen molar-refractivity contribution in [3.05, 3.63) is 24.8 Å². The molecule has 0 amide bonds. The first-order chi connectivity index (χ1) is 20.9. The standard InChI is InChI=1S/C38H62O6/c1-8-35(39)43-33-21-13-29(14-22-33)37(4,5)27-9-17-31(18-10-27)41-25-42-32-19-11-28(12-20-32)38(6,7)30-15-23-34(24-16-30)44-36(40)26(2)3/h8,27-34H,1-2,9-25H2,3-7H3. The first-order valence-electron chi connectivity index (χ1n) is 17.8. The Hall–Kier alpha value is -1.66. The van der Waals surface area contributed by atoms with Crippen LogP contribution in [0.4, 0.5) is 0 Å². The Bertz CT molecular complexity index is 952. The summed E-state index contributed by atoms with van der Waals surface area (Å²) in [5.41, 5.74) is 1.09. The summed E-state index contributed by atoms with van der Waals surface area (Å²) in [6, 6.07) is 0. The highest BCUT2D eigenvalue weighted by molar-refractivity contribution is 5.87. The van der Waals surface area contributed by atoms with Gasteiger partial charge in [-0.3, -0.25) is 0 Å². The fourth-order valence-corrected chi connectivity index (χ4v) is 9.16. The Morgan fingerprint density at radius 1 is 0.591 bits per heavy atom. The molecule has 4 aliphatic carbocycles. The zero-order valence-corrected chi connectivity index (χ0v) is 28.6. The average molecular weight is 615 g/mol. The highest BCUT2D eigenvalue weighted by atomic mass is 16.7. The predicted molar refractivity (Wildman–Crippen MR) is 175 cm³/mol. The van der Waals surface area contributed by atoms with E-state index < -0.39 is 0 Å². The summed E-state index contributed by atoms with van der Waals surface area (Å²) in [7, 11) is 0. The summed E-state index contributed by atoms with van der Waals surface area (Å²) >= 11 is 0. The molecule has 0 saturated heterocycles. The number of esters is 2. The van der Waals surface area contributed by atoms with Gasteiger partial charge in [-0.15, -0.1) is 0 Å². The molecule has 0 aliphatic heterocycles. The summed E-state index contributed by atoms with van der Waals surface area (Å²) < 4.78 is 23.7. The van der Waals surface area contributed by atoms with Crippen LogP contribution in [0.2, 0.25) is 0 Å². The maximum absolute atomic E-state index is 11.9. The second-order valence-corrected chi connectivity index (χ2v) is 15.8. The van der Waals surface area contributed by atoms with E-state index in [1.807, 2.05) is 0 Å². The van der Waals surface area contributed by atoms with E-state index in [9.17, 15) is 9.59 Å². The van der Waals surface area contributed by atoms with Crippen molar-refractivity contribution in [1.82, 2.24) is 0 Å². The largest absolute Gasteiger partial charge is 0.459 e. The Kier molecular flexibility index (Phi) is 12.6. The number of carbonyl (C=O) groups excluding carboxylic acids is 2. The SMILES string of the molecule is C=CC(=O)OC1CCC(C(C)(C)C2CCC(OCOC3CCC(C(C)(C)C4CCC(OC(=O)C(=C)C)CC4)CC3)CC2)CC1. The van der Waals surface area contributed by atoms with Crippen molar-refractivity contribution in [2.45, 2.75) is 162 Å². The quantitative estimate of drug-likeness (QED) is 0.124. The minimum Gasteiger partial charge on any atom is -0.459 e. The van der Waals surface area contributed by atoms with Gasteiger partial charge >= 0.3 is 11.9 Å². The van der Waals surface area contributed by atoms with Gasteiger partial charge in [0.1, 0.15) is 19.0 Å². The van der Waals surface area contributed by atoms with E-state index in [1.165, 1.54) is 31.8 Å². The van der Waals surface area contributed by atoms with Gasteiger partial charge in [-0.1, -0.05) is 40.9 Å². The smallest absolute Gasteiger partial charge is 0.333 e. The van der Waals surface area contributed by atoms with Crippen molar-refractivity contribution >= 4 is 11.9 Å². The molecule has 0 N–H and O–H groups in total.